The van der Waals surface area contributed by atoms with E-state index in [1.54, 1.807) is 6.20 Å². The van der Waals surface area contributed by atoms with Gasteiger partial charge in [0.05, 0.1) is 4.47 Å². The van der Waals surface area contributed by atoms with Gasteiger partial charge in [-0.2, -0.15) is 10.1 Å². The van der Waals surface area contributed by atoms with E-state index in [0.29, 0.717) is 30.5 Å². The Balaban J connectivity index is 1.43. The third kappa shape index (κ3) is 4.66. The number of nitrogens with one attached hydrogen (secondary N) is 3. The second-order valence-electron chi connectivity index (χ2n) is 6.79. The second kappa shape index (κ2) is 7.97. The number of amides is 1. The van der Waals surface area contributed by atoms with Crippen LogP contribution in [-0.4, -0.2) is 26.1 Å². The van der Waals surface area contributed by atoms with Crippen LogP contribution < -0.4 is 16.4 Å². The highest BCUT2D eigenvalue weighted by Crippen LogP contribution is 2.39. The smallest absolute Gasteiger partial charge is 0.229 e. The molecule has 28 heavy (non-hydrogen) atoms. The number of nitrogens with two attached hydrogens (primary N) is 1. The number of H-pyrrole nitrogens is 1. The number of aromatic amines is 1. The Hall–Kier alpha value is -2.94. The highest BCUT2D eigenvalue weighted by atomic mass is 79.9. The van der Waals surface area contributed by atoms with Crippen LogP contribution in [0.25, 0.3) is 0 Å². The predicted octanol–water partition coefficient (Wildman–Crippen LogP) is 3.74. The molecule has 144 valence electrons. The first-order valence-electron chi connectivity index (χ1n) is 9.06. The van der Waals surface area contributed by atoms with Crippen molar-refractivity contribution in [2.24, 2.45) is 5.73 Å². The van der Waals surface area contributed by atoms with Crippen LogP contribution in [0.1, 0.15) is 36.4 Å². The Morgan fingerprint density at radius 1 is 1.25 bits per heavy atom. The summed E-state index contributed by atoms with van der Waals surface area (Å²) in [7, 11) is 0. The van der Waals surface area contributed by atoms with Crippen LogP contribution in [0.15, 0.2) is 41.0 Å². The van der Waals surface area contributed by atoms with E-state index >= 15 is 0 Å². The molecule has 0 aliphatic heterocycles. The van der Waals surface area contributed by atoms with Gasteiger partial charge in [-0.05, 0) is 52.9 Å². The molecule has 0 saturated heterocycles. The van der Waals surface area contributed by atoms with Crippen LogP contribution in [0.5, 0.6) is 0 Å². The quantitative estimate of drug-likeness (QED) is 0.422. The number of hydrogen-bond donors (Lipinski definition) is 4. The third-order valence-electron chi connectivity index (χ3n) is 4.48. The van der Waals surface area contributed by atoms with Crippen molar-refractivity contribution in [2.75, 3.05) is 10.6 Å². The summed E-state index contributed by atoms with van der Waals surface area (Å²) in [5.41, 5.74) is 8.25. The summed E-state index contributed by atoms with van der Waals surface area (Å²) in [6, 6.07) is 9.76. The Bertz CT molecular complexity index is 982. The molecule has 2 heterocycles. The number of primary amides is 1. The van der Waals surface area contributed by atoms with Crippen molar-refractivity contribution in [3.63, 3.8) is 0 Å². The van der Waals surface area contributed by atoms with Crippen molar-refractivity contribution < 1.29 is 4.79 Å². The van der Waals surface area contributed by atoms with Gasteiger partial charge in [0.1, 0.15) is 0 Å². The molecule has 0 radical (unpaired) electrons. The zero-order chi connectivity index (χ0) is 19.5. The number of anilines is 4. The average molecular weight is 442 g/mol. The topological polar surface area (TPSA) is 122 Å². The standard InChI is InChI=1S/C19H20BrN7O/c20-14-10-22-19(23-13-6-1-11(2-7-13)3-8-16(21)28)25-18(14)24-17-9-15(26-27-17)12-4-5-12/h1-2,6-7,9-10,12H,3-5,8H2,(H2,21,28)(H3,22,23,24,25,26,27). The molecule has 3 aromatic rings. The van der Waals surface area contributed by atoms with E-state index in [0.717, 1.165) is 27.2 Å². The van der Waals surface area contributed by atoms with Gasteiger partial charge in [-0.15, -0.1) is 0 Å². The van der Waals surface area contributed by atoms with Crippen LogP contribution in [0.4, 0.5) is 23.3 Å². The average Bonchev–Trinajstić information content (AvgIpc) is 3.43. The molecule has 0 unspecified atom stereocenters. The zero-order valence-corrected chi connectivity index (χ0v) is 16.7. The molecule has 9 heteroatoms. The lowest BCUT2D eigenvalue weighted by Crippen LogP contribution is -2.11. The van der Waals surface area contributed by atoms with E-state index in [9.17, 15) is 4.79 Å². The van der Waals surface area contributed by atoms with Gasteiger partial charge in [0.15, 0.2) is 11.6 Å². The van der Waals surface area contributed by atoms with E-state index in [-0.39, 0.29) is 5.91 Å². The van der Waals surface area contributed by atoms with Gasteiger partial charge in [0.25, 0.3) is 0 Å². The number of benzene rings is 1. The molecule has 1 saturated carbocycles. The molecule has 8 nitrogen and oxygen atoms in total. The van der Waals surface area contributed by atoms with Crippen LogP contribution >= 0.6 is 15.9 Å². The number of hydrogen-bond acceptors (Lipinski definition) is 6. The third-order valence-corrected chi connectivity index (χ3v) is 5.06. The van der Waals surface area contributed by atoms with Crippen molar-refractivity contribution in [1.29, 1.82) is 0 Å². The summed E-state index contributed by atoms with van der Waals surface area (Å²) < 4.78 is 0.746. The molecule has 1 aliphatic carbocycles. The largest absolute Gasteiger partial charge is 0.370 e. The Labute approximate surface area is 170 Å². The van der Waals surface area contributed by atoms with Gasteiger partial charge in [-0.25, -0.2) is 4.98 Å². The molecule has 0 spiro atoms. The van der Waals surface area contributed by atoms with Gasteiger partial charge in [-0.1, -0.05) is 12.1 Å². The minimum Gasteiger partial charge on any atom is -0.370 e. The van der Waals surface area contributed by atoms with Crippen molar-refractivity contribution in [2.45, 2.75) is 31.6 Å². The Kier molecular flexibility index (Phi) is 5.25. The van der Waals surface area contributed by atoms with Gasteiger partial charge in [0.2, 0.25) is 11.9 Å². The Morgan fingerprint density at radius 2 is 2.04 bits per heavy atom. The zero-order valence-electron chi connectivity index (χ0n) is 15.1. The molecule has 0 bridgehead atoms. The molecule has 5 N–H and O–H groups in total. The van der Waals surface area contributed by atoms with Gasteiger partial charge >= 0.3 is 0 Å². The molecule has 1 aliphatic rings. The maximum Gasteiger partial charge on any atom is 0.229 e. The second-order valence-corrected chi connectivity index (χ2v) is 7.64. The van der Waals surface area contributed by atoms with E-state index in [1.807, 2.05) is 30.3 Å². The molecule has 4 rings (SSSR count). The monoisotopic (exact) mass is 441 g/mol. The fourth-order valence-corrected chi connectivity index (χ4v) is 3.08. The van der Waals surface area contributed by atoms with Gasteiger partial charge < -0.3 is 16.4 Å². The SMILES string of the molecule is NC(=O)CCc1ccc(Nc2ncc(Br)c(Nc3cc(C4CC4)[nH]n3)n2)cc1. The predicted molar refractivity (Wildman–Crippen MR) is 111 cm³/mol. The molecular formula is C19H20BrN7O. The van der Waals surface area contributed by atoms with Gasteiger partial charge in [-0.3, -0.25) is 9.89 Å². The van der Waals surface area contributed by atoms with Crippen molar-refractivity contribution in [3.8, 4) is 0 Å². The summed E-state index contributed by atoms with van der Waals surface area (Å²) in [6.45, 7) is 0. The minimum atomic E-state index is -0.299. The first-order chi connectivity index (χ1) is 13.6. The van der Waals surface area contributed by atoms with E-state index in [2.05, 4.69) is 46.7 Å². The lowest BCUT2D eigenvalue weighted by molar-refractivity contribution is -0.117. The number of aryl methyl sites for hydroxylation is 1. The fourth-order valence-electron chi connectivity index (χ4n) is 2.79. The minimum absolute atomic E-state index is 0.299. The van der Waals surface area contributed by atoms with Crippen molar-refractivity contribution in [3.05, 3.63) is 52.3 Å². The number of carbonyl (C=O) groups is 1. The molecule has 1 amide bonds. The highest BCUT2D eigenvalue weighted by molar-refractivity contribution is 9.10. The fraction of sp³-hybridized carbons (Fsp3) is 0.263. The lowest BCUT2D eigenvalue weighted by Gasteiger charge is -2.09. The van der Waals surface area contributed by atoms with Crippen molar-refractivity contribution >= 4 is 45.1 Å². The maximum absolute atomic E-state index is 10.9. The lowest BCUT2D eigenvalue weighted by atomic mass is 10.1. The molecule has 1 aromatic carbocycles. The molecule has 0 atom stereocenters. The van der Waals surface area contributed by atoms with Crippen LogP contribution in [0.3, 0.4) is 0 Å². The van der Waals surface area contributed by atoms with Gasteiger partial charge in [0, 0.05) is 36.0 Å². The summed E-state index contributed by atoms with van der Waals surface area (Å²) in [5, 5.41) is 13.8. The molecule has 1 fully saturated rings. The first kappa shape index (κ1) is 18.4. The number of aromatic nitrogens is 4. The van der Waals surface area contributed by atoms with E-state index in [4.69, 9.17) is 5.73 Å². The summed E-state index contributed by atoms with van der Waals surface area (Å²) in [5.74, 6) is 2.13. The maximum atomic E-state index is 10.9. The summed E-state index contributed by atoms with van der Waals surface area (Å²) in [6.07, 6.45) is 5.09. The van der Waals surface area contributed by atoms with E-state index < -0.39 is 0 Å². The highest BCUT2D eigenvalue weighted by Gasteiger charge is 2.25. The number of rotatable bonds is 8. The molecule has 2 aromatic heterocycles. The van der Waals surface area contributed by atoms with Crippen LogP contribution in [0, 0.1) is 0 Å². The van der Waals surface area contributed by atoms with Crippen molar-refractivity contribution in [1.82, 2.24) is 20.2 Å². The number of carbonyl (C=O) groups excluding carboxylic acids is 1. The Morgan fingerprint density at radius 3 is 2.75 bits per heavy atom. The number of nitrogens with zero attached hydrogens (tertiary/aromatic N) is 3. The summed E-state index contributed by atoms with van der Waals surface area (Å²) in [4.78, 5) is 19.7. The summed E-state index contributed by atoms with van der Waals surface area (Å²) >= 11 is 3.47. The normalized spacial score (nSPS) is 13.3. The van der Waals surface area contributed by atoms with E-state index in [1.165, 1.54) is 12.8 Å². The van der Waals surface area contributed by atoms with Crippen LogP contribution in [-0.2, 0) is 11.2 Å². The first-order valence-corrected chi connectivity index (χ1v) is 9.85. The molecular weight excluding hydrogens is 422 g/mol. The van der Waals surface area contributed by atoms with Crippen LogP contribution in [0.2, 0.25) is 0 Å². The number of halogens is 1.